The van der Waals surface area contributed by atoms with Crippen LogP contribution < -0.4 is 5.32 Å². The topological polar surface area (TPSA) is 72.9 Å². The predicted molar refractivity (Wildman–Crippen MR) is 115 cm³/mol. The molecule has 1 aromatic carbocycles. The van der Waals surface area contributed by atoms with Crippen LogP contribution in [0.25, 0.3) is 5.57 Å². The molecule has 0 saturated carbocycles. The summed E-state index contributed by atoms with van der Waals surface area (Å²) in [5.74, 6) is -0.0329. The van der Waals surface area contributed by atoms with Gasteiger partial charge in [0.15, 0.2) is 0 Å². The van der Waals surface area contributed by atoms with Gasteiger partial charge in [0.2, 0.25) is 5.91 Å². The number of rotatable bonds is 7. The number of hydrogen-bond donors (Lipinski definition) is 2. The van der Waals surface area contributed by atoms with Gasteiger partial charge in [0.05, 0.1) is 18.7 Å². The molecule has 6 nitrogen and oxygen atoms in total. The van der Waals surface area contributed by atoms with Gasteiger partial charge in [-0.3, -0.25) is 4.79 Å². The molecule has 0 radical (unpaired) electrons. The molecule has 0 unspecified atom stereocenters. The summed E-state index contributed by atoms with van der Waals surface area (Å²) < 4.78 is 0. The number of nitrogens with one attached hydrogen (secondary N) is 1. The van der Waals surface area contributed by atoms with E-state index in [-0.39, 0.29) is 36.5 Å². The van der Waals surface area contributed by atoms with E-state index in [1.807, 2.05) is 6.92 Å². The lowest BCUT2D eigenvalue weighted by molar-refractivity contribution is -0.129. The molecule has 3 rings (SSSR count). The molecule has 0 spiro atoms. The first-order valence-electron chi connectivity index (χ1n) is 10.7. The van der Waals surface area contributed by atoms with Crippen LogP contribution in [-0.2, 0) is 4.79 Å². The van der Waals surface area contributed by atoms with Crippen molar-refractivity contribution in [1.82, 2.24) is 15.1 Å². The number of amides is 3. The number of nitrogens with zero attached hydrogens (tertiary/aromatic N) is 2. The van der Waals surface area contributed by atoms with E-state index in [0.717, 1.165) is 24.8 Å². The zero-order chi connectivity index (χ0) is 21.0. The van der Waals surface area contributed by atoms with E-state index >= 15 is 0 Å². The first-order chi connectivity index (χ1) is 14.0. The molecule has 158 valence electrons. The van der Waals surface area contributed by atoms with Gasteiger partial charge in [-0.2, -0.15) is 0 Å². The van der Waals surface area contributed by atoms with Crippen LogP contribution in [0, 0.1) is 0 Å². The number of carbonyl (C=O) groups is 2. The quantitative estimate of drug-likeness (QED) is 0.740. The SMILES string of the molecule is CCCNC(=O)N1[C@H](CO)[C@H](c2ccc(C3=CCCC3)cc2)[C@@H]1CN(C)C(C)=O. The summed E-state index contributed by atoms with van der Waals surface area (Å²) in [4.78, 5) is 27.9. The van der Waals surface area contributed by atoms with E-state index in [1.54, 1.807) is 16.8 Å². The first-order valence-corrected chi connectivity index (χ1v) is 10.7. The largest absolute Gasteiger partial charge is 0.394 e. The van der Waals surface area contributed by atoms with Crippen LogP contribution in [0.3, 0.4) is 0 Å². The second kappa shape index (κ2) is 9.44. The highest BCUT2D eigenvalue weighted by Crippen LogP contribution is 2.41. The fourth-order valence-corrected chi connectivity index (χ4v) is 4.48. The molecular weight excluding hydrogens is 366 g/mol. The van der Waals surface area contributed by atoms with Gasteiger partial charge < -0.3 is 20.2 Å². The number of carbonyl (C=O) groups excluding carboxylic acids is 2. The second-order valence-electron chi connectivity index (χ2n) is 8.13. The molecule has 2 aliphatic rings. The summed E-state index contributed by atoms with van der Waals surface area (Å²) in [5.41, 5.74) is 3.76. The number of benzene rings is 1. The second-order valence-corrected chi connectivity index (χ2v) is 8.13. The molecule has 1 aliphatic heterocycles. The van der Waals surface area contributed by atoms with E-state index in [9.17, 15) is 14.7 Å². The van der Waals surface area contributed by atoms with Gasteiger partial charge in [-0.1, -0.05) is 37.3 Å². The molecule has 1 saturated heterocycles. The van der Waals surface area contributed by atoms with Crippen molar-refractivity contribution in [2.45, 2.75) is 57.5 Å². The van der Waals surface area contributed by atoms with E-state index < -0.39 is 0 Å². The molecule has 1 heterocycles. The molecule has 1 fully saturated rings. The maximum absolute atomic E-state index is 12.7. The maximum atomic E-state index is 12.7. The Morgan fingerprint density at radius 1 is 1.24 bits per heavy atom. The van der Waals surface area contributed by atoms with Crippen molar-refractivity contribution < 1.29 is 14.7 Å². The zero-order valence-electron chi connectivity index (χ0n) is 17.7. The minimum Gasteiger partial charge on any atom is -0.394 e. The predicted octanol–water partition coefficient (Wildman–Crippen LogP) is 2.98. The van der Waals surface area contributed by atoms with Gasteiger partial charge in [0, 0.05) is 33.0 Å². The fourth-order valence-electron chi connectivity index (χ4n) is 4.48. The minimum atomic E-state index is -0.284. The summed E-state index contributed by atoms with van der Waals surface area (Å²) in [7, 11) is 1.75. The first kappa shape index (κ1) is 21.4. The average molecular weight is 400 g/mol. The third-order valence-electron chi connectivity index (χ3n) is 6.20. The number of hydrogen-bond acceptors (Lipinski definition) is 3. The number of aliphatic hydroxyl groups is 1. The zero-order valence-corrected chi connectivity index (χ0v) is 17.7. The number of likely N-dealkylation sites (N-methyl/N-ethyl adjacent to an activating group) is 1. The van der Waals surface area contributed by atoms with E-state index in [4.69, 9.17) is 0 Å². The monoisotopic (exact) mass is 399 g/mol. The summed E-state index contributed by atoms with van der Waals surface area (Å²) in [6, 6.07) is 7.91. The summed E-state index contributed by atoms with van der Waals surface area (Å²) in [6.07, 6.45) is 6.64. The minimum absolute atomic E-state index is 0.000726. The average Bonchev–Trinajstić information content (AvgIpc) is 3.24. The Hall–Kier alpha value is -2.34. The van der Waals surface area contributed by atoms with Crippen molar-refractivity contribution in [3.63, 3.8) is 0 Å². The lowest BCUT2D eigenvalue weighted by Gasteiger charge is -2.55. The Morgan fingerprint density at radius 3 is 2.52 bits per heavy atom. The van der Waals surface area contributed by atoms with Crippen molar-refractivity contribution >= 4 is 17.5 Å². The Kier molecular flexibility index (Phi) is 6.96. The van der Waals surface area contributed by atoms with Crippen molar-refractivity contribution in [1.29, 1.82) is 0 Å². The van der Waals surface area contributed by atoms with Gasteiger partial charge in [-0.15, -0.1) is 0 Å². The number of urea groups is 1. The van der Waals surface area contributed by atoms with Crippen LogP contribution in [0.1, 0.15) is 56.6 Å². The molecular formula is C23H33N3O3. The molecule has 1 aromatic rings. The van der Waals surface area contributed by atoms with Crippen LogP contribution in [0.2, 0.25) is 0 Å². The van der Waals surface area contributed by atoms with Crippen LogP contribution in [0.15, 0.2) is 30.3 Å². The highest BCUT2D eigenvalue weighted by molar-refractivity contribution is 5.77. The molecule has 2 N–H and O–H groups in total. The van der Waals surface area contributed by atoms with Crippen molar-refractivity contribution in [2.24, 2.45) is 0 Å². The normalized spacial score (nSPS) is 23.4. The van der Waals surface area contributed by atoms with Gasteiger partial charge >= 0.3 is 6.03 Å². The van der Waals surface area contributed by atoms with Gasteiger partial charge in [-0.25, -0.2) is 4.79 Å². The van der Waals surface area contributed by atoms with Crippen LogP contribution in [0.4, 0.5) is 4.79 Å². The maximum Gasteiger partial charge on any atom is 0.318 e. The van der Waals surface area contributed by atoms with Gasteiger partial charge in [0.25, 0.3) is 0 Å². The summed E-state index contributed by atoms with van der Waals surface area (Å²) >= 11 is 0. The Bertz CT molecular complexity index is 759. The molecule has 6 heteroatoms. The van der Waals surface area contributed by atoms with Crippen LogP contribution in [-0.4, -0.2) is 65.7 Å². The van der Waals surface area contributed by atoms with Crippen molar-refractivity contribution in [3.05, 3.63) is 41.5 Å². The van der Waals surface area contributed by atoms with Crippen LogP contribution in [0.5, 0.6) is 0 Å². The highest BCUT2D eigenvalue weighted by Gasteiger charge is 2.51. The molecule has 0 bridgehead atoms. The smallest absolute Gasteiger partial charge is 0.318 e. The van der Waals surface area contributed by atoms with E-state index in [2.05, 4.69) is 35.7 Å². The third kappa shape index (κ3) is 4.47. The highest BCUT2D eigenvalue weighted by atomic mass is 16.3. The Balaban J connectivity index is 1.83. The van der Waals surface area contributed by atoms with Gasteiger partial charge in [0.1, 0.15) is 0 Å². The molecule has 29 heavy (non-hydrogen) atoms. The standard InChI is InChI=1S/C23H33N3O3/c1-4-13-24-23(29)26-20(14-25(3)16(2)28)22(21(26)15-27)19-11-9-18(10-12-19)17-7-5-6-8-17/h7,9-12,20-22,27H,4-6,8,13-15H2,1-3H3,(H,24,29)/t20-,21+,22+/m0/s1. The van der Waals surface area contributed by atoms with Gasteiger partial charge in [-0.05, 0) is 42.4 Å². The molecule has 0 aromatic heterocycles. The summed E-state index contributed by atoms with van der Waals surface area (Å²) in [5, 5.41) is 13.0. The number of allylic oxidation sites excluding steroid dienone is 2. The third-order valence-corrected chi connectivity index (χ3v) is 6.20. The lowest BCUT2D eigenvalue weighted by Crippen LogP contribution is -2.70. The molecule has 3 amide bonds. The molecule has 1 aliphatic carbocycles. The van der Waals surface area contributed by atoms with E-state index in [0.29, 0.717) is 13.1 Å². The lowest BCUT2D eigenvalue weighted by atomic mass is 9.75. The molecule has 3 atom stereocenters. The Labute approximate surface area is 173 Å². The van der Waals surface area contributed by atoms with Crippen molar-refractivity contribution in [2.75, 3.05) is 26.7 Å². The number of likely N-dealkylation sites (tertiary alicyclic amines) is 1. The van der Waals surface area contributed by atoms with Crippen molar-refractivity contribution in [3.8, 4) is 0 Å². The fraction of sp³-hybridized carbons (Fsp3) is 0.565. The summed E-state index contributed by atoms with van der Waals surface area (Å²) in [6.45, 7) is 4.48. The van der Waals surface area contributed by atoms with Crippen LogP contribution >= 0.6 is 0 Å². The Morgan fingerprint density at radius 2 is 1.97 bits per heavy atom. The number of aliphatic hydroxyl groups excluding tert-OH is 1. The van der Waals surface area contributed by atoms with E-state index in [1.165, 1.54) is 24.5 Å².